The quantitative estimate of drug-likeness (QED) is 0.776. The maximum Gasteiger partial charge on any atom is 0.323 e. The summed E-state index contributed by atoms with van der Waals surface area (Å²) in [5.74, 6) is -1.03. The Hall–Kier alpha value is -1.08. The zero-order valence-electron chi connectivity index (χ0n) is 11.2. The van der Waals surface area contributed by atoms with E-state index >= 15 is 0 Å². The van der Waals surface area contributed by atoms with Crippen LogP contribution in [0.4, 0.5) is 10.5 Å². The number of halogens is 2. The monoisotopic (exact) mass is 406 g/mol. The summed E-state index contributed by atoms with van der Waals surface area (Å²) in [7, 11) is 0. The largest absolute Gasteiger partial charge is 0.480 e. The van der Waals surface area contributed by atoms with E-state index in [4.69, 9.17) is 5.11 Å². The number of hydrogen-bond acceptors (Lipinski definition) is 2. The van der Waals surface area contributed by atoms with Gasteiger partial charge in [0.25, 0.3) is 0 Å². The summed E-state index contributed by atoms with van der Waals surface area (Å²) < 4.78 is 1.60. The Morgan fingerprint density at radius 2 is 2.05 bits per heavy atom. The van der Waals surface area contributed by atoms with E-state index in [9.17, 15) is 9.59 Å². The van der Waals surface area contributed by atoms with Crippen LogP contribution in [0.1, 0.15) is 20.3 Å². The van der Waals surface area contributed by atoms with Crippen molar-refractivity contribution in [2.24, 2.45) is 0 Å². The van der Waals surface area contributed by atoms with Gasteiger partial charge in [-0.25, -0.2) is 4.79 Å². The van der Waals surface area contributed by atoms with Crippen LogP contribution in [0.25, 0.3) is 0 Å². The molecular formula is C13H16Br2N2O3. The molecule has 1 aromatic carbocycles. The number of anilines is 1. The zero-order valence-corrected chi connectivity index (χ0v) is 14.4. The van der Waals surface area contributed by atoms with Crippen LogP contribution in [0, 0.1) is 0 Å². The van der Waals surface area contributed by atoms with Gasteiger partial charge in [0.15, 0.2) is 0 Å². The number of amides is 2. The molecule has 0 aliphatic carbocycles. The molecule has 1 atom stereocenters. The molecule has 7 heteroatoms. The molecule has 2 amide bonds. The highest BCUT2D eigenvalue weighted by Gasteiger charge is 2.22. The third-order valence-corrected chi connectivity index (χ3v) is 4.01. The highest BCUT2D eigenvalue weighted by molar-refractivity contribution is 9.11. The Morgan fingerprint density at radius 1 is 1.40 bits per heavy atom. The van der Waals surface area contributed by atoms with Gasteiger partial charge in [0, 0.05) is 15.0 Å². The van der Waals surface area contributed by atoms with Crippen molar-refractivity contribution in [2.75, 3.05) is 11.9 Å². The van der Waals surface area contributed by atoms with Gasteiger partial charge in [-0.15, -0.1) is 0 Å². The minimum Gasteiger partial charge on any atom is -0.480 e. The van der Waals surface area contributed by atoms with Gasteiger partial charge < -0.3 is 15.3 Å². The summed E-state index contributed by atoms with van der Waals surface area (Å²) in [4.78, 5) is 24.4. The van der Waals surface area contributed by atoms with Crippen LogP contribution in [0.2, 0.25) is 0 Å². The number of nitrogens with zero attached hydrogens (tertiary/aromatic N) is 1. The molecular weight excluding hydrogens is 392 g/mol. The minimum atomic E-state index is -1.03. The second-order valence-electron chi connectivity index (χ2n) is 4.33. The standard InChI is InChI=1S/C13H16Br2N2O3/c1-3-8(2)17(7-12(18)19)13(20)16-11-5-4-9(14)6-10(11)15/h4-6,8H,3,7H2,1-2H3,(H,16,20)(H,18,19). The molecule has 0 bridgehead atoms. The molecule has 0 spiro atoms. The second kappa shape index (κ2) is 7.64. The lowest BCUT2D eigenvalue weighted by molar-refractivity contribution is -0.138. The van der Waals surface area contributed by atoms with Gasteiger partial charge in [-0.3, -0.25) is 4.79 Å². The van der Waals surface area contributed by atoms with Crippen LogP contribution in [0.5, 0.6) is 0 Å². The van der Waals surface area contributed by atoms with Crippen molar-refractivity contribution in [3.05, 3.63) is 27.1 Å². The summed E-state index contributed by atoms with van der Waals surface area (Å²) in [5, 5.41) is 11.6. The number of carbonyl (C=O) groups excluding carboxylic acids is 1. The third kappa shape index (κ3) is 4.79. The minimum absolute atomic E-state index is 0.152. The molecule has 0 aromatic heterocycles. The first-order valence-electron chi connectivity index (χ1n) is 6.09. The molecule has 1 aromatic rings. The van der Waals surface area contributed by atoms with Crippen molar-refractivity contribution in [2.45, 2.75) is 26.3 Å². The maximum atomic E-state index is 12.2. The van der Waals surface area contributed by atoms with Crippen molar-refractivity contribution in [3.8, 4) is 0 Å². The first kappa shape index (κ1) is 17.0. The highest BCUT2D eigenvalue weighted by Crippen LogP contribution is 2.26. The van der Waals surface area contributed by atoms with E-state index < -0.39 is 12.0 Å². The molecule has 0 saturated carbocycles. The predicted octanol–water partition coefficient (Wildman–Crippen LogP) is 3.93. The van der Waals surface area contributed by atoms with Crippen molar-refractivity contribution in [1.82, 2.24) is 4.90 Å². The van der Waals surface area contributed by atoms with Crippen molar-refractivity contribution in [1.29, 1.82) is 0 Å². The molecule has 110 valence electrons. The molecule has 0 fully saturated rings. The molecule has 20 heavy (non-hydrogen) atoms. The van der Waals surface area contributed by atoms with E-state index in [1.54, 1.807) is 18.2 Å². The van der Waals surface area contributed by atoms with Gasteiger partial charge in [-0.05, 0) is 47.5 Å². The normalized spacial score (nSPS) is 11.8. The number of urea groups is 1. The molecule has 0 aliphatic rings. The van der Waals surface area contributed by atoms with Gasteiger partial charge in [0.05, 0.1) is 5.69 Å². The molecule has 5 nitrogen and oxygen atoms in total. The topological polar surface area (TPSA) is 69.6 Å². The fourth-order valence-electron chi connectivity index (χ4n) is 1.57. The molecule has 0 aliphatic heterocycles. The average Bonchev–Trinajstić information content (AvgIpc) is 2.38. The van der Waals surface area contributed by atoms with Crippen molar-refractivity contribution >= 4 is 49.5 Å². The second-order valence-corrected chi connectivity index (χ2v) is 6.10. The molecule has 1 rings (SSSR count). The summed E-state index contributed by atoms with van der Waals surface area (Å²) in [5.41, 5.74) is 0.594. The molecule has 0 radical (unpaired) electrons. The van der Waals surface area contributed by atoms with E-state index in [1.807, 2.05) is 13.8 Å². The summed E-state index contributed by atoms with van der Waals surface area (Å²) >= 11 is 6.68. The number of aliphatic carboxylic acids is 1. The SMILES string of the molecule is CCC(C)N(CC(=O)O)C(=O)Nc1ccc(Br)cc1Br. The first-order chi connectivity index (χ1) is 9.35. The number of carboxylic acid groups (broad SMARTS) is 1. The van der Waals surface area contributed by atoms with E-state index in [-0.39, 0.29) is 12.6 Å². The Kier molecular flexibility index (Phi) is 6.48. The smallest absolute Gasteiger partial charge is 0.323 e. The summed E-state index contributed by atoms with van der Waals surface area (Å²) in [6.07, 6.45) is 0.683. The van der Waals surface area contributed by atoms with E-state index in [0.29, 0.717) is 12.1 Å². The van der Waals surface area contributed by atoms with Gasteiger partial charge in [-0.1, -0.05) is 22.9 Å². The molecule has 2 N–H and O–H groups in total. The molecule has 1 unspecified atom stereocenters. The van der Waals surface area contributed by atoms with E-state index in [0.717, 1.165) is 8.95 Å². The van der Waals surface area contributed by atoms with Crippen LogP contribution in [-0.4, -0.2) is 34.6 Å². The lowest BCUT2D eigenvalue weighted by Gasteiger charge is -2.27. The van der Waals surface area contributed by atoms with Crippen molar-refractivity contribution in [3.63, 3.8) is 0 Å². The third-order valence-electron chi connectivity index (χ3n) is 2.86. The van der Waals surface area contributed by atoms with Crippen LogP contribution >= 0.6 is 31.9 Å². The number of benzene rings is 1. The zero-order chi connectivity index (χ0) is 15.3. The number of carboxylic acids is 1. The maximum absolute atomic E-state index is 12.2. The number of nitrogens with one attached hydrogen (secondary N) is 1. The fourth-order valence-corrected chi connectivity index (χ4v) is 2.72. The first-order valence-corrected chi connectivity index (χ1v) is 7.68. The lowest BCUT2D eigenvalue weighted by atomic mass is 10.2. The lowest BCUT2D eigenvalue weighted by Crippen LogP contribution is -2.44. The Morgan fingerprint density at radius 3 is 2.55 bits per heavy atom. The Bertz CT molecular complexity index is 508. The average molecular weight is 408 g/mol. The van der Waals surface area contributed by atoms with E-state index in [1.165, 1.54) is 4.90 Å². The summed E-state index contributed by atoms with van der Waals surface area (Å²) in [6.45, 7) is 3.40. The van der Waals surface area contributed by atoms with Crippen molar-refractivity contribution < 1.29 is 14.7 Å². The van der Waals surface area contributed by atoms with Crippen LogP contribution < -0.4 is 5.32 Å². The number of rotatable bonds is 5. The number of carbonyl (C=O) groups is 2. The molecule has 0 heterocycles. The van der Waals surface area contributed by atoms with Gasteiger partial charge in [0.2, 0.25) is 0 Å². The molecule has 0 saturated heterocycles. The highest BCUT2D eigenvalue weighted by atomic mass is 79.9. The van der Waals surface area contributed by atoms with Gasteiger partial charge in [0.1, 0.15) is 6.54 Å². The van der Waals surface area contributed by atoms with Crippen LogP contribution in [0.15, 0.2) is 27.1 Å². The Labute approximate surface area is 134 Å². The number of hydrogen-bond donors (Lipinski definition) is 2. The van der Waals surface area contributed by atoms with Gasteiger partial charge in [-0.2, -0.15) is 0 Å². The van der Waals surface area contributed by atoms with E-state index in [2.05, 4.69) is 37.2 Å². The van der Waals surface area contributed by atoms with Crippen LogP contribution in [-0.2, 0) is 4.79 Å². The fraction of sp³-hybridized carbons (Fsp3) is 0.385. The Balaban J connectivity index is 2.87. The summed E-state index contributed by atoms with van der Waals surface area (Å²) in [6, 6.07) is 4.76. The predicted molar refractivity (Wildman–Crippen MR) is 85.0 cm³/mol. The van der Waals surface area contributed by atoms with Crippen LogP contribution in [0.3, 0.4) is 0 Å². The van der Waals surface area contributed by atoms with Gasteiger partial charge >= 0.3 is 12.0 Å².